The third-order valence-electron chi connectivity index (χ3n) is 3.04. The summed E-state index contributed by atoms with van der Waals surface area (Å²) in [5.74, 6) is 0.958. The molecule has 2 heterocycles. The molecule has 1 N–H and O–H groups in total. The summed E-state index contributed by atoms with van der Waals surface area (Å²) < 4.78 is 5.33. The van der Waals surface area contributed by atoms with E-state index in [2.05, 4.69) is 27.2 Å². The number of pyridine rings is 1. The molecule has 2 aromatic heterocycles. The van der Waals surface area contributed by atoms with Crippen molar-refractivity contribution in [2.75, 3.05) is 5.43 Å². The lowest BCUT2D eigenvalue weighted by molar-refractivity contribution is -0.657. The van der Waals surface area contributed by atoms with Gasteiger partial charge in [-0.3, -0.25) is 0 Å². The quantitative estimate of drug-likeness (QED) is 0.561. The van der Waals surface area contributed by atoms with Crippen LogP contribution in [0.1, 0.15) is 0 Å². The molecule has 0 saturated carbocycles. The number of nitrogens with one attached hydrogen (secondary N) is 1. The number of aryl methyl sites for hydroxylation is 2. The molecule has 0 saturated heterocycles. The molecule has 0 spiro atoms. The first kappa shape index (κ1) is 11.9. The van der Waals surface area contributed by atoms with Gasteiger partial charge in [0, 0.05) is 13.1 Å². The van der Waals surface area contributed by atoms with E-state index in [4.69, 9.17) is 0 Å². The first-order chi connectivity index (χ1) is 9.25. The molecule has 0 bridgehead atoms. The zero-order valence-electron chi connectivity index (χ0n) is 10.9. The number of benzene rings is 1. The van der Waals surface area contributed by atoms with Crippen molar-refractivity contribution >= 4 is 27.4 Å². The molecule has 0 aliphatic rings. The van der Waals surface area contributed by atoms with Gasteiger partial charge in [-0.05, 0) is 18.2 Å². The molecule has 4 nitrogen and oxygen atoms in total. The molecule has 0 fully saturated rings. The van der Waals surface area contributed by atoms with Gasteiger partial charge in [-0.1, -0.05) is 34.6 Å². The lowest BCUT2D eigenvalue weighted by Crippen LogP contribution is -2.31. The molecule has 0 atom stereocenters. The Bertz CT molecular complexity index is 785. The molecular formula is C14H15N4S+. The van der Waals surface area contributed by atoms with Gasteiger partial charge in [-0.2, -0.15) is 0 Å². The summed E-state index contributed by atoms with van der Waals surface area (Å²) in [6, 6.07) is 14.3. The fourth-order valence-electron chi connectivity index (χ4n) is 1.93. The van der Waals surface area contributed by atoms with Gasteiger partial charge >= 0.3 is 0 Å². The molecular weight excluding hydrogens is 256 g/mol. The first-order valence-corrected chi connectivity index (χ1v) is 6.86. The van der Waals surface area contributed by atoms with Gasteiger partial charge in [0.15, 0.2) is 0 Å². The van der Waals surface area contributed by atoms with Gasteiger partial charge in [0.2, 0.25) is 4.80 Å². The average Bonchev–Trinajstić information content (AvgIpc) is 2.75. The molecule has 1 aromatic carbocycles. The number of nitrogens with zero attached hydrogens (tertiary/aromatic N) is 3. The van der Waals surface area contributed by atoms with Crippen molar-refractivity contribution in [3.63, 3.8) is 0 Å². The number of fused-ring (bicyclic) bond motifs is 1. The Hall–Kier alpha value is -2.14. The summed E-state index contributed by atoms with van der Waals surface area (Å²) in [4.78, 5) is 0.949. The van der Waals surface area contributed by atoms with Crippen LogP contribution in [0.3, 0.4) is 0 Å². The number of rotatable bonds is 2. The SMILES string of the molecule is Cn1/c(=N/Nc2cccc[n+]2C)sc2ccccc21. The third kappa shape index (κ3) is 2.24. The van der Waals surface area contributed by atoms with Crippen LogP contribution < -0.4 is 14.8 Å². The van der Waals surface area contributed by atoms with Crippen LogP contribution in [-0.2, 0) is 14.1 Å². The van der Waals surface area contributed by atoms with Crippen molar-refractivity contribution < 1.29 is 4.57 Å². The van der Waals surface area contributed by atoms with E-state index in [9.17, 15) is 0 Å². The number of anilines is 1. The maximum absolute atomic E-state index is 4.48. The Labute approximate surface area is 115 Å². The van der Waals surface area contributed by atoms with Crippen molar-refractivity contribution in [3.8, 4) is 0 Å². The lowest BCUT2D eigenvalue weighted by Gasteiger charge is -1.96. The monoisotopic (exact) mass is 271 g/mol. The van der Waals surface area contributed by atoms with Crippen LogP contribution in [0.15, 0.2) is 53.8 Å². The standard InChI is InChI=1S/C14H14N4S/c1-17-10-6-5-9-13(17)15-16-14-18(2)11-7-3-4-8-12(11)19-14/h3-10H,1-2H3/p+1/b16-14-. The molecule has 0 aliphatic carbocycles. The minimum absolute atomic E-state index is 0.949. The highest BCUT2D eigenvalue weighted by Crippen LogP contribution is 2.15. The largest absolute Gasteiger partial charge is 0.317 e. The second-order valence-corrected chi connectivity index (χ2v) is 5.34. The van der Waals surface area contributed by atoms with E-state index >= 15 is 0 Å². The zero-order valence-corrected chi connectivity index (χ0v) is 11.7. The maximum Gasteiger partial charge on any atom is 0.299 e. The Morgan fingerprint density at radius 2 is 1.95 bits per heavy atom. The summed E-state index contributed by atoms with van der Waals surface area (Å²) >= 11 is 1.67. The molecule has 0 aliphatic heterocycles. The van der Waals surface area contributed by atoms with Crippen molar-refractivity contribution in [2.45, 2.75) is 0 Å². The van der Waals surface area contributed by atoms with Gasteiger partial charge in [0.25, 0.3) is 5.82 Å². The van der Waals surface area contributed by atoms with Crippen molar-refractivity contribution in [2.24, 2.45) is 19.2 Å². The van der Waals surface area contributed by atoms with Crippen molar-refractivity contribution in [3.05, 3.63) is 53.5 Å². The topological polar surface area (TPSA) is 33.2 Å². The van der Waals surface area contributed by atoms with E-state index in [0.717, 1.165) is 10.6 Å². The summed E-state index contributed by atoms with van der Waals surface area (Å²) in [5.41, 5.74) is 4.31. The Kier molecular flexibility index (Phi) is 3.05. The molecule has 19 heavy (non-hydrogen) atoms. The number of thiazole rings is 1. The first-order valence-electron chi connectivity index (χ1n) is 6.04. The number of aromatic nitrogens is 2. The fraction of sp³-hybridized carbons (Fsp3) is 0.143. The third-order valence-corrected chi connectivity index (χ3v) is 4.15. The van der Waals surface area contributed by atoms with E-state index in [-0.39, 0.29) is 0 Å². The van der Waals surface area contributed by atoms with E-state index in [0.29, 0.717) is 0 Å². The van der Waals surface area contributed by atoms with Crippen LogP contribution in [0, 0.1) is 0 Å². The number of hydrogen-bond acceptors (Lipinski definition) is 3. The number of para-hydroxylation sites is 1. The summed E-state index contributed by atoms with van der Waals surface area (Å²) in [5, 5.41) is 4.48. The Balaban J connectivity index is 2.03. The predicted molar refractivity (Wildman–Crippen MR) is 77.6 cm³/mol. The molecule has 3 rings (SSSR count). The highest BCUT2D eigenvalue weighted by molar-refractivity contribution is 7.16. The van der Waals surface area contributed by atoms with Crippen molar-refractivity contribution in [1.82, 2.24) is 4.57 Å². The van der Waals surface area contributed by atoms with Gasteiger partial charge in [0.05, 0.1) is 23.5 Å². The maximum atomic E-state index is 4.48. The lowest BCUT2D eigenvalue weighted by atomic mass is 10.3. The van der Waals surface area contributed by atoms with Gasteiger partial charge in [0.1, 0.15) is 0 Å². The summed E-state index contributed by atoms with van der Waals surface area (Å²) in [7, 11) is 4.02. The summed E-state index contributed by atoms with van der Waals surface area (Å²) in [6.45, 7) is 0. The predicted octanol–water partition coefficient (Wildman–Crippen LogP) is 1.99. The van der Waals surface area contributed by atoms with E-state index in [1.54, 1.807) is 11.3 Å². The van der Waals surface area contributed by atoms with E-state index in [1.807, 2.05) is 55.2 Å². The Morgan fingerprint density at radius 3 is 2.74 bits per heavy atom. The second-order valence-electron chi connectivity index (χ2n) is 4.33. The van der Waals surface area contributed by atoms with E-state index < -0.39 is 0 Å². The molecule has 0 radical (unpaired) electrons. The normalized spacial score (nSPS) is 12.0. The molecule has 5 heteroatoms. The van der Waals surface area contributed by atoms with Gasteiger partial charge < -0.3 is 4.57 Å². The number of hydrogen-bond donors (Lipinski definition) is 1. The van der Waals surface area contributed by atoms with Crippen molar-refractivity contribution in [1.29, 1.82) is 0 Å². The second kappa shape index (κ2) is 4.85. The molecule has 0 unspecified atom stereocenters. The highest BCUT2D eigenvalue weighted by Gasteiger charge is 2.04. The van der Waals surface area contributed by atoms with Gasteiger partial charge in [-0.25, -0.2) is 4.57 Å². The van der Waals surface area contributed by atoms with Crippen LogP contribution in [0.2, 0.25) is 0 Å². The average molecular weight is 271 g/mol. The van der Waals surface area contributed by atoms with E-state index in [1.165, 1.54) is 10.2 Å². The summed E-state index contributed by atoms with van der Waals surface area (Å²) in [6.07, 6.45) is 1.99. The van der Waals surface area contributed by atoms with Gasteiger partial charge in [-0.15, -0.1) is 5.43 Å². The van der Waals surface area contributed by atoms with Crippen LogP contribution in [-0.4, -0.2) is 4.57 Å². The molecule has 0 amide bonds. The highest BCUT2D eigenvalue weighted by atomic mass is 32.1. The minimum Gasteiger partial charge on any atom is -0.317 e. The van der Waals surface area contributed by atoms with Crippen LogP contribution >= 0.6 is 11.3 Å². The molecule has 3 aromatic rings. The fourth-order valence-corrected chi connectivity index (χ4v) is 2.91. The van der Waals surface area contributed by atoms with Crippen LogP contribution in [0.4, 0.5) is 5.82 Å². The Morgan fingerprint density at radius 1 is 1.16 bits per heavy atom. The smallest absolute Gasteiger partial charge is 0.299 e. The van der Waals surface area contributed by atoms with Crippen LogP contribution in [0.5, 0.6) is 0 Å². The zero-order chi connectivity index (χ0) is 13.2. The van der Waals surface area contributed by atoms with Crippen LogP contribution in [0.25, 0.3) is 10.2 Å². The molecule has 96 valence electrons. The minimum atomic E-state index is 0.949.